The summed E-state index contributed by atoms with van der Waals surface area (Å²) in [5.74, 6) is -1.19. The Labute approximate surface area is 173 Å². The van der Waals surface area contributed by atoms with Gasteiger partial charge in [-0.1, -0.05) is 18.2 Å². The number of esters is 1. The molecule has 0 heterocycles. The van der Waals surface area contributed by atoms with Crippen LogP contribution >= 0.6 is 0 Å². The van der Waals surface area contributed by atoms with Crippen molar-refractivity contribution in [2.45, 2.75) is 18.4 Å². The fourth-order valence-corrected chi connectivity index (χ4v) is 3.99. The minimum Gasteiger partial charge on any atom is -0.457 e. The molecular formula is C22H17FN2O4S. The molecule has 0 fully saturated rings. The molecule has 0 aliphatic carbocycles. The van der Waals surface area contributed by atoms with E-state index in [4.69, 9.17) is 10.00 Å². The summed E-state index contributed by atoms with van der Waals surface area (Å²) < 4.78 is 46.3. The van der Waals surface area contributed by atoms with E-state index in [0.717, 1.165) is 5.56 Å². The molecule has 1 N–H and O–H groups in total. The molecule has 0 bridgehead atoms. The van der Waals surface area contributed by atoms with E-state index in [0.29, 0.717) is 5.56 Å². The maximum atomic E-state index is 13.7. The highest BCUT2D eigenvalue weighted by molar-refractivity contribution is 7.92. The number of nitrogens with zero attached hydrogens (tertiary/aromatic N) is 1. The Morgan fingerprint density at radius 1 is 1.07 bits per heavy atom. The van der Waals surface area contributed by atoms with Crippen LogP contribution in [0, 0.1) is 24.1 Å². The third kappa shape index (κ3) is 4.82. The number of nitriles is 1. The lowest BCUT2D eigenvalue weighted by Crippen LogP contribution is -2.15. The molecule has 6 nitrogen and oxygen atoms in total. The Kier molecular flexibility index (Phi) is 6.14. The second kappa shape index (κ2) is 8.76. The molecule has 0 unspecified atom stereocenters. The first-order chi connectivity index (χ1) is 14.3. The van der Waals surface area contributed by atoms with Crippen LogP contribution in [0.3, 0.4) is 0 Å². The molecule has 30 heavy (non-hydrogen) atoms. The summed E-state index contributed by atoms with van der Waals surface area (Å²) in [5, 5.41) is 8.78. The topological polar surface area (TPSA) is 96.3 Å². The Bertz CT molecular complexity index is 1220. The fraction of sp³-hybridized carbons (Fsp3) is 0.0909. The lowest BCUT2D eigenvalue weighted by atomic mass is 10.1. The summed E-state index contributed by atoms with van der Waals surface area (Å²) in [6, 6.07) is 18.2. The van der Waals surface area contributed by atoms with Gasteiger partial charge in [0.25, 0.3) is 10.0 Å². The van der Waals surface area contributed by atoms with Crippen LogP contribution in [0.4, 0.5) is 10.1 Å². The number of halogens is 1. The highest BCUT2D eigenvalue weighted by Crippen LogP contribution is 2.21. The van der Waals surface area contributed by atoms with Crippen molar-refractivity contribution in [1.29, 1.82) is 5.26 Å². The molecule has 3 aromatic carbocycles. The quantitative estimate of drug-likeness (QED) is 0.599. The molecule has 0 amide bonds. The lowest BCUT2D eigenvalue weighted by Gasteiger charge is -2.11. The second-order valence-corrected chi connectivity index (χ2v) is 8.08. The molecule has 0 spiro atoms. The van der Waals surface area contributed by atoms with Crippen LogP contribution in [0.15, 0.2) is 71.6 Å². The highest BCUT2D eigenvalue weighted by Gasteiger charge is 2.19. The van der Waals surface area contributed by atoms with Gasteiger partial charge in [0.05, 0.1) is 22.1 Å². The van der Waals surface area contributed by atoms with Crippen molar-refractivity contribution in [3.05, 3.63) is 94.8 Å². The van der Waals surface area contributed by atoms with Gasteiger partial charge in [-0.2, -0.15) is 5.26 Å². The number of hydrogen-bond acceptors (Lipinski definition) is 5. The number of rotatable bonds is 6. The Morgan fingerprint density at radius 3 is 2.37 bits per heavy atom. The van der Waals surface area contributed by atoms with E-state index in [1.54, 1.807) is 24.3 Å². The van der Waals surface area contributed by atoms with Crippen molar-refractivity contribution < 1.29 is 22.3 Å². The van der Waals surface area contributed by atoms with Gasteiger partial charge in [-0.15, -0.1) is 0 Å². The van der Waals surface area contributed by atoms with E-state index in [2.05, 4.69) is 4.72 Å². The van der Waals surface area contributed by atoms with Gasteiger partial charge in [0, 0.05) is 11.3 Å². The van der Waals surface area contributed by atoms with Crippen molar-refractivity contribution in [2.24, 2.45) is 0 Å². The van der Waals surface area contributed by atoms with E-state index in [1.807, 2.05) is 6.07 Å². The third-order valence-corrected chi connectivity index (χ3v) is 5.86. The number of ether oxygens (including phenoxy) is 1. The predicted molar refractivity (Wildman–Crippen MR) is 109 cm³/mol. The minimum absolute atomic E-state index is 0.0213. The zero-order valence-electron chi connectivity index (χ0n) is 15.9. The van der Waals surface area contributed by atoms with Crippen molar-refractivity contribution >= 4 is 21.7 Å². The number of anilines is 1. The molecule has 0 atom stereocenters. The Balaban J connectivity index is 1.66. The summed E-state index contributed by atoms with van der Waals surface area (Å²) in [6.45, 7) is 1.43. The normalized spacial score (nSPS) is 10.8. The smallest absolute Gasteiger partial charge is 0.338 e. The molecular weight excluding hydrogens is 407 g/mol. The van der Waals surface area contributed by atoms with E-state index in [-0.39, 0.29) is 28.3 Å². The summed E-state index contributed by atoms with van der Waals surface area (Å²) in [6.07, 6.45) is 0. The van der Waals surface area contributed by atoms with Crippen LogP contribution in [0.25, 0.3) is 0 Å². The van der Waals surface area contributed by atoms with Gasteiger partial charge in [-0.25, -0.2) is 17.6 Å². The van der Waals surface area contributed by atoms with Crippen molar-refractivity contribution in [3.8, 4) is 6.07 Å². The molecule has 0 saturated heterocycles. The number of nitrogens with one attached hydrogen (secondary N) is 1. The van der Waals surface area contributed by atoms with Gasteiger partial charge in [0.2, 0.25) is 0 Å². The SMILES string of the molecule is Cc1c(F)cccc1S(=O)(=O)Nc1ccc(C(=O)OCc2ccc(C#N)cc2)cc1. The van der Waals surface area contributed by atoms with E-state index in [9.17, 15) is 17.6 Å². The van der Waals surface area contributed by atoms with Gasteiger partial charge >= 0.3 is 5.97 Å². The van der Waals surface area contributed by atoms with Crippen LogP contribution in [0.1, 0.15) is 27.0 Å². The number of hydrogen-bond donors (Lipinski definition) is 1. The number of benzene rings is 3. The highest BCUT2D eigenvalue weighted by atomic mass is 32.2. The predicted octanol–water partition coefficient (Wildman–Crippen LogP) is 4.16. The summed E-state index contributed by atoms with van der Waals surface area (Å²) in [7, 11) is -3.98. The van der Waals surface area contributed by atoms with Crippen LogP contribution in [-0.4, -0.2) is 14.4 Å². The van der Waals surface area contributed by atoms with Crippen molar-refractivity contribution in [1.82, 2.24) is 0 Å². The van der Waals surface area contributed by atoms with Crippen LogP contribution < -0.4 is 4.72 Å². The van der Waals surface area contributed by atoms with Crippen LogP contribution in [0.5, 0.6) is 0 Å². The van der Waals surface area contributed by atoms with Gasteiger partial charge in [0.1, 0.15) is 12.4 Å². The average molecular weight is 424 g/mol. The summed E-state index contributed by atoms with van der Waals surface area (Å²) in [4.78, 5) is 12.0. The molecule has 0 aliphatic heterocycles. The lowest BCUT2D eigenvalue weighted by molar-refractivity contribution is 0.0472. The van der Waals surface area contributed by atoms with Crippen molar-refractivity contribution in [3.63, 3.8) is 0 Å². The van der Waals surface area contributed by atoms with Gasteiger partial charge < -0.3 is 4.74 Å². The summed E-state index contributed by atoms with van der Waals surface area (Å²) >= 11 is 0. The minimum atomic E-state index is -3.98. The largest absolute Gasteiger partial charge is 0.457 e. The maximum absolute atomic E-state index is 13.7. The molecule has 8 heteroatoms. The van der Waals surface area contributed by atoms with Crippen molar-refractivity contribution in [2.75, 3.05) is 4.72 Å². The Morgan fingerprint density at radius 2 is 1.73 bits per heavy atom. The first kappa shape index (κ1) is 21.0. The first-order valence-electron chi connectivity index (χ1n) is 8.84. The molecule has 152 valence electrons. The molecule has 0 aliphatic rings. The van der Waals surface area contributed by atoms with E-state index >= 15 is 0 Å². The van der Waals surface area contributed by atoms with Crippen LogP contribution in [0.2, 0.25) is 0 Å². The van der Waals surface area contributed by atoms with Gasteiger partial charge in [0.15, 0.2) is 0 Å². The zero-order chi connectivity index (χ0) is 21.7. The molecule has 0 aromatic heterocycles. The third-order valence-electron chi connectivity index (χ3n) is 4.33. The Hall–Kier alpha value is -3.70. The van der Waals surface area contributed by atoms with E-state index < -0.39 is 21.8 Å². The van der Waals surface area contributed by atoms with Gasteiger partial charge in [-0.3, -0.25) is 4.72 Å². The van der Waals surface area contributed by atoms with E-state index in [1.165, 1.54) is 49.4 Å². The fourth-order valence-electron chi connectivity index (χ4n) is 2.67. The van der Waals surface area contributed by atoms with Gasteiger partial charge in [-0.05, 0) is 61.0 Å². The number of carbonyl (C=O) groups excluding carboxylic acids is 1. The molecule has 0 radical (unpaired) electrons. The first-order valence-corrected chi connectivity index (χ1v) is 10.3. The zero-order valence-corrected chi connectivity index (χ0v) is 16.7. The molecule has 0 saturated carbocycles. The number of sulfonamides is 1. The standard InChI is InChI=1S/C22H17FN2O4S/c1-15-20(23)3-2-4-21(15)30(27,28)25-19-11-9-18(10-12-19)22(26)29-14-17-7-5-16(13-24)6-8-17/h2-12,25H,14H2,1H3. The molecule has 3 aromatic rings. The maximum Gasteiger partial charge on any atom is 0.338 e. The monoisotopic (exact) mass is 424 g/mol. The second-order valence-electron chi connectivity index (χ2n) is 6.43. The summed E-state index contributed by atoms with van der Waals surface area (Å²) in [5.41, 5.74) is 1.73. The van der Waals surface area contributed by atoms with Crippen LogP contribution in [-0.2, 0) is 21.4 Å². The molecule has 3 rings (SSSR count). The number of carbonyl (C=O) groups is 1. The average Bonchev–Trinajstić information content (AvgIpc) is 2.74.